The lowest BCUT2D eigenvalue weighted by Crippen LogP contribution is -2.46. The maximum Gasteiger partial charge on any atom is 0.407 e. The van der Waals surface area contributed by atoms with Crippen molar-refractivity contribution in [3.05, 3.63) is 30.1 Å². The smallest absolute Gasteiger partial charge is 0.407 e. The van der Waals surface area contributed by atoms with Crippen LogP contribution in [0.2, 0.25) is 0 Å². The Hall–Kier alpha value is -2.31. The fourth-order valence-corrected chi connectivity index (χ4v) is 3.75. The van der Waals surface area contributed by atoms with Crippen molar-refractivity contribution in [2.75, 3.05) is 19.6 Å². The molecule has 0 saturated carbocycles. The molecule has 0 fully saturated rings. The van der Waals surface area contributed by atoms with Gasteiger partial charge in [0, 0.05) is 4.90 Å². The van der Waals surface area contributed by atoms with E-state index in [2.05, 4.69) is 22.2 Å². The molecule has 2 atom stereocenters. The van der Waals surface area contributed by atoms with Crippen molar-refractivity contribution in [3.63, 3.8) is 0 Å². The minimum absolute atomic E-state index is 0.111. The molecule has 32 heavy (non-hydrogen) atoms. The van der Waals surface area contributed by atoms with Crippen LogP contribution in [0.1, 0.15) is 39.1 Å². The summed E-state index contributed by atoms with van der Waals surface area (Å²) in [6.45, 7) is 10.7. The molecule has 0 saturated heterocycles. The van der Waals surface area contributed by atoms with E-state index >= 15 is 0 Å². The minimum atomic E-state index is -3.80. The Kier molecular flexibility index (Phi) is 9.98. The highest BCUT2D eigenvalue weighted by molar-refractivity contribution is 7.98. The standard InChI is InChI=1S/C20H31N3O7S2/c1-12(22-17(18(24)28-6)13(2)30-32(8,26)27)14-9-10-16(31-7)15(23-14)11-21-19(25)29-20(3,4)5/h9-10,13,17,22H,1,11H2,2-8H3,(H,21,25). The quantitative estimate of drug-likeness (QED) is 0.286. The summed E-state index contributed by atoms with van der Waals surface area (Å²) >= 11 is 1.45. The van der Waals surface area contributed by atoms with Crippen molar-refractivity contribution in [2.24, 2.45) is 0 Å². The molecule has 0 spiro atoms. The van der Waals surface area contributed by atoms with Crippen LogP contribution in [0.3, 0.4) is 0 Å². The lowest BCUT2D eigenvalue weighted by atomic mass is 10.1. The van der Waals surface area contributed by atoms with Gasteiger partial charge in [-0.1, -0.05) is 6.58 Å². The Morgan fingerprint density at radius 1 is 1.28 bits per heavy atom. The second kappa shape index (κ2) is 11.5. The number of aromatic nitrogens is 1. The van der Waals surface area contributed by atoms with Gasteiger partial charge in [-0.3, -0.25) is 4.18 Å². The zero-order valence-corrected chi connectivity index (χ0v) is 21.0. The third kappa shape index (κ3) is 9.45. The van der Waals surface area contributed by atoms with Crippen molar-refractivity contribution in [1.29, 1.82) is 0 Å². The zero-order chi connectivity index (χ0) is 24.7. The first-order valence-corrected chi connectivity index (χ1v) is 12.6. The van der Waals surface area contributed by atoms with Crippen LogP contribution in [0, 0.1) is 0 Å². The minimum Gasteiger partial charge on any atom is -0.467 e. The Morgan fingerprint density at radius 3 is 2.41 bits per heavy atom. The van der Waals surface area contributed by atoms with Crippen LogP contribution >= 0.6 is 11.8 Å². The average molecular weight is 490 g/mol. The number of hydrogen-bond acceptors (Lipinski definition) is 10. The van der Waals surface area contributed by atoms with Gasteiger partial charge in [-0.25, -0.2) is 14.6 Å². The number of thioether (sulfide) groups is 1. The van der Waals surface area contributed by atoms with Crippen molar-refractivity contribution in [2.45, 2.75) is 56.9 Å². The second-order valence-corrected chi connectivity index (χ2v) is 10.3. The molecule has 0 aliphatic carbocycles. The van der Waals surface area contributed by atoms with Gasteiger partial charge in [-0.15, -0.1) is 11.8 Å². The van der Waals surface area contributed by atoms with E-state index < -0.39 is 39.9 Å². The summed E-state index contributed by atoms with van der Waals surface area (Å²) in [5, 5.41) is 5.49. The van der Waals surface area contributed by atoms with Crippen LogP contribution in [-0.2, 0) is 35.1 Å². The van der Waals surface area contributed by atoms with Crippen LogP contribution in [0.15, 0.2) is 23.6 Å². The fraction of sp³-hybridized carbons (Fsp3) is 0.550. The molecule has 0 aliphatic rings. The number of hydrogen-bond donors (Lipinski definition) is 2. The number of alkyl carbamates (subject to hydrolysis) is 1. The lowest BCUT2D eigenvalue weighted by molar-refractivity contribution is -0.144. The number of pyridine rings is 1. The summed E-state index contributed by atoms with van der Waals surface area (Å²) in [6.07, 6.45) is 1.12. The highest BCUT2D eigenvalue weighted by Gasteiger charge is 2.30. The monoisotopic (exact) mass is 489 g/mol. The molecule has 1 rings (SSSR count). The Morgan fingerprint density at radius 2 is 1.91 bits per heavy atom. The molecular formula is C20H31N3O7S2. The van der Waals surface area contributed by atoms with Crippen molar-refractivity contribution in [3.8, 4) is 0 Å². The van der Waals surface area contributed by atoms with Gasteiger partial charge in [-0.2, -0.15) is 8.42 Å². The average Bonchev–Trinajstić information content (AvgIpc) is 2.66. The summed E-state index contributed by atoms with van der Waals surface area (Å²) in [4.78, 5) is 29.5. The largest absolute Gasteiger partial charge is 0.467 e. The highest BCUT2D eigenvalue weighted by atomic mass is 32.2. The molecule has 12 heteroatoms. The summed E-state index contributed by atoms with van der Waals surface area (Å²) in [7, 11) is -2.62. The van der Waals surface area contributed by atoms with Crippen molar-refractivity contribution in [1.82, 2.24) is 15.6 Å². The number of methoxy groups -OCH3 is 1. The van der Waals surface area contributed by atoms with Crippen molar-refractivity contribution < 1.29 is 31.7 Å². The van der Waals surface area contributed by atoms with E-state index in [4.69, 9.17) is 13.7 Å². The molecule has 1 amide bonds. The van der Waals surface area contributed by atoms with E-state index in [0.29, 0.717) is 11.4 Å². The van der Waals surface area contributed by atoms with Crippen molar-refractivity contribution >= 4 is 39.6 Å². The van der Waals surface area contributed by atoms with Gasteiger partial charge in [-0.05, 0) is 46.1 Å². The third-order valence-corrected chi connectivity index (χ3v) is 5.31. The van der Waals surface area contributed by atoms with Gasteiger partial charge in [0.15, 0.2) is 6.04 Å². The summed E-state index contributed by atoms with van der Waals surface area (Å²) in [5.41, 5.74) is 0.576. The summed E-state index contributed by atoms with van der Waals surface area (Å²) < 4.78 is 37.8. The first-order chi connectivity index (χ1) is 14.7. The zero-order valence-electron chi connectivity index (χ0n) is 19.3. The van der Waals surface area contributed by atoms with E-state index in [0.717, 1.165) is 11.2 Å². The lowest BCUT2D eigenvalue weighted by Gasteiger charge is -2.24. The van der Waals surface area contributed by atoms with E-state index in [9.17, 15) is 18.0 Å². The number of carbonyl (C=O) groups is 2. The number of nitrogens with one attached hydrogen (secondary N) is 2. The molecule has 0 radical (unpaired) electrons. The number of amides is 1. The topological polar surface area (TPSA) is 133 Å². The Labute approximate surface area is 193 Å². The SMILES string of the molecule is C=C(NC(C(=O)OC)C(C)OS(C)(=O)=O)c1ccc(SC)c(CNC(=O)OC(C)(C)C)n1. The third-order valence-electron chi connectivity index (χ3n) is 3.84. The number of esters is 1. The summed E-state index contributed by atoms with van der Waals surface area (Å²) in [6, 6.07) is 2.34. The number of ether oxygens (including phenoxy) is 2. The van der Waals surface area contributed by atoms with Crippen LogP contribution in [0.25, 0.3) is 5.70 Å². The van der Waals surface area contributed by atoms with Gasteiger partial charge in [0.25, 0.3) is 10.1 Å². The van der Waals surface area contributed by atoms with Crippen LogP contribution in [0.4, 0.5) is 4.79 Å². The molecule has 1 heterocycles. The molecule has 0 aliphatic heterocycles. The second-order valence-electron chi connectivity index (χ2n) is 7.83. The van der Waals surface area contributed by atoms with Gasteiger partial charge < -0.3 is 20.1 Å². The van der Waals surface area contributed by atoms with Crippen LogP contribution in [0.5, 0.6) is 0 Å². The number of carbonyl (C=O) groups excluding carboxylic acids is 2. The molecule has 1 aromatic heterocycles. The van der Waals surface area contributed by atoms with E-state index in [1.165, 1.54) is 25.8 Å². The molecule has 10 nitrogen and oxygen atoms in total. The van der Waals surface area contributed by atoms with Gasteiger partial charge in [0.05, 0.1) is 37.0 Å². The number of nitrogens with zero attached hydrogens (tertiary/aromatic N) is 1. The van der Waals surface area contributed by atoms with Gasteiger partial charge in [0.2, 0.25) is 0 Å². The van der Waals surface area contributed by atoms with Gasteiger partial charge >= 0.3 is 12.1 Å². The van der Waals surface area contributed by atoms with Crippen LogP contribution < -0.4 is 10.6 Å². The highest BCUT2D eigenvalue weighted by Crippen LogP contribution is 2.22. The maximum atomic E-state index is 12.2. The Bertz CT molecular complexity index is 943. The molecule has 1 aromatic rings. The predicted octanol–water partition coefficient (Wildman–Crippen LogP) is 2.29. The molecule has 2 unspecified atom stereocenters. The molecular weight excluding hydrogens is 458 g/mol. The van der Waals surface area contributed by atoms with Crippen LogP contribution in [-0.4, -0.2) is 62.8 Å². The van der Waals surface area contributed by atoms with E-state index in [1.54, 1.807) is 32.9 Å². The van der Waals surface area contributed by atoms with Gasteiger partial charge in [0.1, 0.15) is 11.7 Å². The Balaban J connectivity index is 3.05. The molecule has 0 aromatic carbocycles. The fourth-order valence-electron chi connectivity index (χ4n) is 2.53. The molecule has 0 bridgehead atoms. The summed E-state index contributed by atoms with van der Waals surface area (Å²) in [5.74, 6) is -0.727. The van der Waals surface area contributed by atoms with E-state index in [1.807, 2.05) is 6.26 Å². The predicted molar refractivity (Wildman–Crippen MR) is 122 cm³/mol. The van der Waals surface area contributed by atoms with E-state index in [-0.39, 0.29) is 12.2 Å². The normalized spacial score (nSPS) is 13.6. The number of rotatable bonds is 10. The maximum absolute atomic E-state index is 12.2. The first-order valence-electron chi connectivity index (χ1n) is 9.59. The molecule has 180 valence electrons. The first kappa shape index (κ1) is 27.7. The molecule has 2 N–H and O–H groups in total.